The zero-order valence-electron chi connectivity index (χ0n) is 10.0. The summed E-state index contributed by atoms with van der Waals surface area (Å²) in [5.74, 6) is -0.156. The van der Waals surface area contributed by atoms with E-state index in [1.807, 2.05) is 5.38 Å². The van der Waals surface area contributed by atoms with E-state index in [-0.39, 0.29) is 17.8 Å². The number of carbonyl (C=O) groups excluding carboxylic acids is 1. The van der Waals surface area contributed by atoms with Crippen LogP contribution in [0.1, 0.15) is 31.2 Å². The van der Waals surface area contributed by atoms with Crippen LogP contribution in [0.2, 0.25) is 0 Å². The highest BCUT2D eigenvalue weighted by Crippen LogP contribution is 2.43. The number of ether oxygens (including phenoxy) is 1. The second-order valence-electron chi connectivity index (χ2n) is 4.71. The Balaban J connectivity index is 2.08. The SMILES string of the molecule is COC(=O)[C@@H]1CC[C@H](C(C)(O)c2nccs2)C1. The molecule has 1 unspecified atom stereocenters. The number of nitrogens with zero attached hydrogens (tertiary/aromatic N) is 1. The molecule has 1 saturated carbocycles. The molecule has 4 nitrogen and oxygen atoms in total. The van der Waals surface area contributed by atoms with Crippen molar-refractivity contribution in [2.45, 2.75) is 31.8 Å². The van der Waals surface area contributed by atoms with Crippen LogP contribution in [0.25, 0.3) is 0 Å². The van der Waals surface area contributed by atoms with Crippen LogP contribution in [-0.2, 0) is 15.1 Å². The minimum absolute atomic E-state index is 0.0727. The number of carbonyl (C=O) groups is 1. The normalized spacial score (nSPS) is 27.7. The van der Waals surface area contributed by atoms with Gasteiger partial charge < -0.3 is 9.84 Å². The predicted octanol–water partition coefficient (Wildman–Crippen LogP) is 1.94. The highest BCUT2D eigenvalue weighted by molar-refractivity contribution is 7.09. The van der Waals surface area contributed by atoms with E-state index >= 15 is 0 Å². The number of methoxy groups -OCH3 is 1. The standard InChI is InChI=1S/C12H17NO3S/c1-12(15,11-13-5-6-17-11)9-4-3-8(7-9)10(14)16-2/h5-6,8-9,15H,3-4,7H2,1-2H3/t8-,9+,12?/m1/s1. The number of thiazole rings is 1. The first kappa shape index (κ1) is 12.5. The van der Waals surface area contributed by atoms with Crippen molar-refractivity contribution >= 4 is 17.3 Å². The Morgan fingerprint density at radius 2 is 2.41 bits per heavy atom. The molecule has 0 radical (unpaired) electrons. The van der Waals surface area contributed by atoms with Crippen LogP contribution >= 0.6 is 11.3 Å². The summed E-state index contributed by atoms with van der Waals surface area (Å²) in [6.07, 6.45) is 4.01. The molecule has 2 rings (SSSR count). The Labute approximate surface area is 105 Å². The second-order valence-corrected chi connectivity index (χ2v) is 5.61. The molecule has 0 amide bonds. The lowest BCUT2D eigenvalue weighted by Crippen LogP contribution is -2.30. The third-order valence-corrected chi connectivity index (χ3v) is 4.63. The topological polar surface area (TPSA) is 59.4 Å². The summed E-state index contributed by atoms with van der Waals surface area (Å²) in [5.41, 5.74) is -0.934. The lowest BCUT2D eigenvalue weighted by atomic mass is 9.87. The molecular formula is C12H17NO3S. The van der Waals surface area contributed by atoms with Crippen LogP contribution in [0.15, 0.2) is 11.6 Å². The third kappa shape index (κ3) is 2.35. The van der Waals surface area contributed by atoms with E-state index in [1.54, 1.807) is 13.1 Å². The first-order valence-corrected chi connectivity index (χ1v) is 6.64. The summed E-state index contributed by atoms with van der Waals surface area (Å²) in [6.45, 7) is 1.79. The van der Waals surface area contributed by atoms with Gasteiger partial charge in [0.25, 0.3) is 0 Å². The Bertz CT molecular complexity index is 388. The number of rotatable bonds is 3. The number of hydrogen-bond acceptors (Lipinski definition) is 5. The monoisotopic (exact) mass is 255 g/mol. The van der Waals surface area contributed by atoms with Crippen molar-refractivity contribution in [3.63, 3.8) is 0 Å². The minimum atomic E-state index is -0.934. The average molecular weight is 255 g/mol. The lowest BCUT2D eigenvalue weighted by Gasteiger charge is -2.27. The average Bonchev–Trinajstić information content (AvgIpc) is 2.98. The maximum Gasteiger partial charge on any atom is 0.308 e. The van der Waals surface area contributed by atoms with Crippen molar-refractivity contribution < 1.29 is 14.6 Å². The van der Waals surface area contributed by atoms with Crippen molar-refractivity contribution in [1.29, 1.82) is 0 Å². The second kappa shape index (κ2) is 4.74. The van der Waals surface area contributed by atoms with Crippen molar-refractivity contribution in [1.82, 2.24) is 4.98 Å². The smallest absolute Gasteiger partial charge is 0.308 e. The Morgan fingerprint density at radius 1 is 1.65 bits per heavy atom. The molecule has 1 aromatic rings. The molecule has 1 N–H and O–H groups in total. The maximum absolute atomic E-state index is 11.5. The molecule has 5 heteroatoms. The van der Waals surface area contributed by atoms with Crippen LogP contribution in [0, 0.1) is 11.8 Å². The van der Waals surface area contributed by atoms with Gasteiger partial charge in [-0.15, -0.1) is 11.3 Å². The lowest BCUT2D eigenvalue weighted by molar-refractivity contribution is -0.145. The van der Waals surface area contributed by atoms with Gasteiger partial charge in [0.2, 0.25) is 0 Å². The number of hydrogen-bond donors (Lipinski definition) is 1. The minimum Gasteiger partial charge on any atom is -0.469 e. The van der Waals surface area contributed by atoms with Crippen LogP contribution in [0.5, 0.6) is 0 Å². The van der Waals surface area contributed by atoms with Gasteiger partial charge in [0, 0.05) is 11.6 Å². The molecule has 1 fully saturated rings. The van der Waals surface area contributed by atoms with E-state index in [1.165, 1.54) is 18.4 Å². The maximum atomic E-state index is 11.5. The molecule has 0 saturated heterocycles. The predicted molar refractivity (Wildman–Crippen MR) is 64.5 cm³/mol. The van der Waals surface area contributed by atoms with Gasteiger partial charge in [-0.2, -0.15) is 0 Å². The van der Waals surface area contributed by atoms with Gasteiger partial charge in [0.1, 0.15) is 10.6 Å². The van der Waals surface area contributed by atoms with Crippen LogP contribution in [-0.4, -0.2) is 23.2 Å². The van der Waals surface area contributed by atoms with Gasteiger partial charge >= 0.3 is 5.97 Å². The molecule has 0 aromatic carbocycles. The molecule has 1 aliphatic carbocycles. The van der Waals surface area contributed by atoms with Gasteiger partial charge in [0.05, 0.1) is 13.0 Å². The highest BCUT2D eigenvalue weighted by atomic mass is 32.1. The van der Waals surface area contributed by atoms with E-state index < -0.39 is 5.60 Å². The molecule has 0 bridgehead atoms. The van der Waals surface area contributed by atoms with E-state index in [0.29, 0.717) is 6.42 Å². The van der Waals surface area contributed by atoms with Crippen molar-refractivity contribution in [3.8, 4) is 0 Å². The molecule has 3 atom stereocenters. The molecular weight excluding hydrogens is 238 g/mol. The first-order chi connectivity index (χ1) is 8.05. The third-order valence-electron chi connectivity index (χ3n) is 3.63. The first-order valence-electron chi connectivity index (χ1n) is 5.76. The Hall–Kier alpha value is -0.940. The molecule has 17 heavy (non-hydrogen) atoms. The van der Waals surface area contributed by atoms with Crippen LogP contribution < -0.4 is 0 Å². The van der Waals surface area contributed by atoms with Gasteiger partial charge in [-0.25, -0.2) is 4.98 Å². The fourth-order valence-corrected chi connectivity index (χ4v) is 3.30. The largest absolute Gasteiger partial charge is 0.469 e. The van der Waals surface area contributed by atoms with E-state index in [0.717, 1.165) is 17.8 Å². The summed E-state index contributed by atoms with van der Waals surface area (Å²) < 4.78 is 4.75. The summed E-state index contributed by atoms with van der Waals surface area (Å²) in [7, 11) is 1.41. The van der Waals surface area contributed by atoms with Crippen molar-refractivity contribution in [2.75, 3.05) is 7.11 Å². The number of aromatic nitrogens is 1. The van der Waals surface area contributed by atoms with Gasteiger partial charge in [0.15, 0.2) is 0 Å². The summed E-state index contributed by atoms with van der Waals surface area (Å²) in [5, 5.41) is 13.1. The fourth-order valence-electron chi connectivity index (χ4n) is 2.52. The Morgan fingerprint density at radius 3 is 3.00 bits per heavy atom. The number of esters is 1. The van der Waals surface area contributed by atoms with Crippen molar-refractivity contribution in [3.05, 3.63) is 16.6 Å². The quantitative estimate of drug-likeness (QED) is 0.839. The van der Waals surface area contributed by atoms with Gasteiger partial charge in [-0.05, 0) is 32.1 Å². The molecule has 0 aliphatic heterocycles. The van der Waals surface area contributed by atoms with Crippen molar-refractivity contribution in [2.24, 2.45) is 11.8 Å². The Kier molecular flexibility index (Phi) is 3.49. The molecule has 1 aromatic heterocycles. The van der Waals surface area contributed by atoms with Crippen LogP contribution in [0.4, 0.5) is 0 Å². The summed E-state index contributed by atoms with van der Waals surface area (Å²) in [4.78, 5) is 15.6. The van der Waals surface area contributed by atoms with E-state index in [9.17, 15) is 9.90 Å². The zero-order valence-corrected chi connectivity index (χ0v) is 10.9. The summed E-state index contributed by atoms with van der Waals surface area (Å²) in [6, 6.07) is 0. The van der Waals surface area contributed by atoms with E-state index in [2.05, 4.69) is 4.98 Å². The van der Waals surface area contributed by atoms with Crippen LogP contribution in [0.3, 0.4) is 0 Å². The fraction of sp³-hybridized carbons (Fsp3) is 0.667. The van der Waals surface area contributed by atoms with Gasteiger partial charge in [-0.3, -0.25) is 4.79 Å². The van der Waals surface area contributed by atoms with E-state index in [4.69, 9.17) is 4.74 Å². The zero-order chi connectivity index (χ0) is 12.5. The number of aliphatic hydroxyl groups is 1. The molecule has 94 valence electrons. The molecule has 0 spiro atoms. The molecule has 1 aliphatic rings. The van der Waals surface area contributed by atoms with Gasteiger partial charge in [-0.1, -0.05) is 0 Å². The molecule has 1 heterocycles. The highest BCUT2D eigenvalue weighted by Gasteiger charge is 2.42. The summed E-state index contributed by atoms with van der Waals surface area (Å²) >= 11 is 1.45.